The van der Waals surface area contributed by atoms with E-state index in [0.717, 1.165) is 11.3 Å². The van der Waals surface area contributed by atoms with Crippen molar-refractivity contribution in [2.75, 3.05) is 6.54 Å². The molecule has 0 spiro atoms. The fourth-order valence-corrected chi connectivity index (χ4v) is 1.47. The third-order valence-electron chi connectivity index (χ3n) is 2.77. The van der Waals surface area contributed by atoms with Crippen LogP contribution in [0.3, 0.4) is 0 Å². The van der Waals surface area contributed by atoms with Crippen molar-refractivity contribution in [1.29, 1.82) is 0 Å². The Kier molecular flexibility index (Phi) is 5.30. The average molecular weight is 250 g/mol. The van der Waals surface area contributed by atoms with Crippen molar-refractivity contribution in [3.8, 4) is 0 Å². The molecule has 1 aromatic heterocycles. The molecule has 0 saturated carbocycles. The number of aliphatic carboxylic acids is 1. The van der Waals surface area contributed by atoms with Crippen LogP contribution in [0.15, 0.2) is 18.3 Å². The molecule has 1 amide bonds. The van der Waals surface area contributed by atoms with Crippen LogP contribution in [0.4, 0.5) is 0 Å². The van der Waals surface area contributed by atoms with E-state index < -0.39 is 11.9 Å². The highest BCUT2D eigenvalue weighted by atomic mass is 16.4. The summed E-state index contributed by atoms with van der Waals surface area (Å²) in [4.78, 5) is 26.3. The Hall–Kier alpha value is -1.91. The molecule has 1 heterocycles. The van der Waals surface area contributed by atoms with Gasteiger partial charge in [-0.25, -0.2) is 0 Å². The number of rotatable bonds is 6. The van der Waals surface area contributed by atoms with Gasteiger partial charge in [0.05, 0.1) is 18.0 Å². The van der Waals surface area contributed by atoms with Gasteiger partial charge >= 0.3 is 5.97 Å². The number of hydrogen-bond acceptors (Lipinski definition) is 3. The summed E-state index contributed by atoms with van der Waals surface area (Å²) in [5, 5.41) is 11.4. The van der Waals surface area contributed by atoms with E-state index in [1.807, 2.05) is 19.1 Å². The molecule has 0 saturated heterocycles. The van der Waals surface area contributed by atoms with Crippen LogP contribution in [0, 0.1) is 12.8 Å². The Balaban J connectivity index is 2.35. The average Bonchev–Trinajstić information content (AvgIpc) is 2.32. The van der Waals surface area contributed by atoms with E-state index >= 15 is 0 Å². The summed E-state index contributed by atoms with van der Waals surface area (Å²) in [6, 6.07) is 3.73. The minimum Gasteiger partial charge on any atom is -0.481 e. The Morgan fingerprint density at radius 2 is 2.22 bits per heavy atom. The summed E-state index contributed by atoms with van der Waals surface area (Å²) < 4.78 is 0. The molecule has 1 atom stereocenters. The van der Waals surface area contributed by atoms with Gasteiger partial charge in [0.25, 0.3) is 0 Å². The van der Waals surface area contributed by atoms with E-state index in [1.54, 1.807) is 13.1 Å². The summed E-state index contributed by atoms with van der Waals surface area (Å²) in [5.41, 5.74) is 1.73. The van der Waals surface area contributed by atoms with Crippen LogP contribution in [0.1, 0.15) is 24.6 Å². The highest BCUT2D eigenvalue weighted by molar-refractivity contribution is 5.78. The van der Waals surface area contributed by atoms with Gasteiger partial charge in [-0.2, -0.15) is 0 Å². The fourth-order valence-electron chi connectivity index (χ4n) is 1.47. The number of aryl methyl sites for hydroxylation is 1. The largest absolute Gasteiger partial charge is 0.481 e. The Morgan fingerprint density at radius 3 is 2.83 bits per heavy atom. The zero-order valence-corrected chi connectivity index (χ0v) is 10.6. The van der Waals surface area contributed by atoms with Crippen LogP contribution in [-0.2, 0) is 16.0 Å². The first-order chi connectivity index (χ1) is 8.50. The molecule has 0 fully saturated rings. The predicted molar refractivity (Wildman–Crippen MR) is 67.1 cm³/mol. The van der Waals surface area contributed by atoms with Gasteiger partial charge < -0.3 is 10.4 Å². The van der Waals surface area contributed by atoms with Crippen LogP contribution in [-0.4, -0.2) is 28.5 Å². The quantitative estimate of drug-likeness (QED) is 0.794. The van der Waals surface area contributed by atoms with Gasteiger partial charge in [0, 0.05) is 12.7 Å². The Labute approximate surface area is 106 Å². The first-order valence-electron chi connectivity index (χ1n) is 5.90. The lowest BCUT2D eigenvalue weighted by atomic mass is 10.1. The van der Waals surface area contributed by atoms with Gasteiger partial charge in [-0.05, 0) is 25.0 Å². The molecule has 1 aromatic rings. The van der Waals surface area contributed by atoms with Crippen molar-refractivity contribution in [1.82, 2.24) is 10.3 Å². The number of carbonyl (C=O) groups is 2. The van der Waals surface area contributed by atoms with Crippen molar-refractivity contribution >= 4 is 11.9 Å². The summed E-state index contributed by atoms with van der Waals surface area (Å²) in [5.74, 6) is -1.42. The standard InChI is InChI=1S/C13H18N2O3/c1-9-4-3-6-14-11(9)8-12(16)15-7-5-10(2)13(17)18/h3-4,6,10H,5,7-8H2,1-2H3,(H,15,16)(H,17,18). The normalized spacial score (nSPS) is 11.9. The monoisotopic (exact) mass is 250 g/mol. The van der Waals surface area contributed by atoms with Crippen molar-refractivity contribution in [3.05, 3.63) is 29.6 Å². The SMILES string of the molecule is Cc1cccnc1CC(=O)NCCC(C)C(=O)O. The molecule has 1 unspecified atom stereocenters. The van der Waals surface area contributed by atoms with Gasteiger partial charge in [-0.15, -0.1) is 0 Å². The molecule has 0 aromatic carbocycles. The molecular formula is C13H18N2O3. The fraction of sp³-hybridized carbons (Fsp3) is 0.462. The van der Waals surface area contributed by atoms with Crippen LogP contribution in [0.25, 0.3) is 0 Å². The van der Waals surface area contributed by atoms with E-state index in [-0.39, 0.29) is 12.3 Å². The molecule has 98 valence electrons. The maximum absolute atomic E-state index is 11.6. The van der Waals surface area contributed by atoms with Crippen LogP contribution >= 0.6 is 0 Å². The van der Waals surface area contributed by atoms with Crippen molar-refractivity contribution in [2.24, 2.45) is 5.92 Å². The van der Waals surface area contributed by atoms with Gasteiger partial charge in [-0.1, -0.05) is 13.0 Å². The molecule has 0 bridgehead atoms. The van der Waals surface area contributed by atoms with Crippen LogP contribution in [0.5, 0.6) is 0 Å². The number of nitrogens with one attached hydrogen (secondary N) is 1. The molecular weight excluding hydrogens is 232 g/mol. The number of nitrogens with zero attached hydrogens (tertiary/aromatic N) is 1. The minimum absolute atomic E-state index is 0.130. The van der Waals surface area contributed by atoms with E-state index in [1.165, 1.54) is 0 Å². The number of pyridine rings is 1. The zero-order valence-electron chi connectivity index (χ0n) is 10.6. The van der Waals surface area contributed by atoms with Gasteiger partial charge in [-0.3, -0.25) is 14.6 Å². The second kappa shape index (κ2) is 6.74. The lowest BCUT2D eigenvalue weighted by molar-refractivity contribution is -0.141. The third kappa shape index (κ3) is 4.53. The second-order valence-electron chi connectivity index (χ2n) is 4.32. The molecule has 5 nitrogen and oxygen atoms in total. The molecule has 0 aliphatic rings. The van der Waals surface area contributed by atoms with E-state index in [0.29, 0.717) is 13.0 Å². The summed E-state index contributed by atoms with van der Waals surface area (Å²) >= 11 is 0. The lowest BCUT2D eigenvalue weighted by Gasteiger charge is -2.08. The van der Waals surface area contributed by atoms with Crippen molar-refractivity contribution in [3.63, 3.8) is 0 Å². The first-order valence-corrected chi connectivity index (χ1v) is 5.90. The zero-order chi connectivity index (χ0) is 13.5. The van der Waals surface area contributed by atoms with Gasteiger partial charge in [0.15, 0.2) is 0 Å². The smallest absolute Gasteiger partial charge is 0.306 e. The number of aromatic nitrogens is 1. The lowest BCUT2D eigenvalue weighted by Crippen LogP contribution is -2.28. The maximum atomic E-state index is 11.6. The highest BCUT2D eigenvalue weighted by Crippen LogP contribution is 2.04. The van der Waals surface area contributed by atoms with E-state index in [9.17, 15) is 9.59 Å². The van der Waals surface area contributed by atoms with Gasteiger partial charge in [0.2, 0.25) is 5.91 Å². The number of amides is 1. The molecule has 5 heteroatoms. The topological polar surface area (TPSA) is 79.3 Å². The summed E-state index contributed by atoms with van der Waals surface area (Å²) in [6.45, 7) is 3.90. The number of carbonyl (C=O) groups excluding carboxylic acids is 1. The number of carboxylic acids is 1. The Morgan fingerprint density at radius 1 is 1.50 bits per heavy atom. The van der Waals surface area contributed by atoms with E-state index in [4.69, 9.17) is 5.11 Å². The van der Waals surface area contributed by atoms with Gasteiger partial charge in [0.1, 0.15) is 0 Å². The van der Waals surface area contributed by atoms with Crippen molar-refractivity contribution < 1.29 is 14.7 Å². The Bertz CT molecular complexity index is 432. The highest BCUT2D eigenvalue weighted by Gasteiger charge is 2.11. The molecule has 0 aliphatic heterocycles. The minimum atomic E-state index is -0.843. The number of carboxylic acid groups (broad SMARTS) is 1. The molecule has 18 heavy (non-hydrogen) atoms. The molecule has 1 rings (SSSR count). The first kappa shape index (κ1) is 14.2. The molecule has 2 N–H and O–H groups in total. The van der Waals surface area contributed by atoms with E-state index in [2.05, 4.69) is 10.3 Å². The van der Waals surface area contributed by atoms with Crippen LogP contribution < -0.4 is 5.32 Å². The third-order valence-corrected chi connectivity index (χ3v) is 2.77. The molecule has 0 radical (unpaired) electrons. The van der Waals surface area contributed by atoms with Crippen molar-refractivity contribution in [2.45, 2.75) is 26.7 Å². The second-order valence-corrected chi connectivity index (χ2v) is 4.32. The summed E-state index contributed by atoms with van der Waals surface area (Å²) in [6.07, 6.45) is 2.32. The predicted octanol–water partition coefficient (Wildman–Crippen LogP) is 1.16. The van der Waals surface area contributed by atoms with Crippen LogP contribution in [0.2, 0.25) is 0 Å². The summed E-state index contributed by atoms with van der Waals surface area (Å²) in [7, 11) is 0. The molecule has 0 aliphatic carbocycles. The number of hydrogen-bond donors (Lipinski definition) is 2. The maximum Gasteiger partial charge on any atom is 0.306 e.